The molecular weight excluding hydrogens is 397 g/mol. The molecule has 32 heavy (non-hydrogen) atoms. The summed E-state index contributed by atoms with van der Waals surface area (Å²) in [5.41, 5.74) is 6.48. The fourth-order valence-electron chi connectivity index (χ4n) is 6.18. The number of benzene rings is 3. The summed E-state index contributed by atoms with van der Waals surface area (Å²) in [7, 11) is 0. The number of fused-ring (bicyclic) bond motifs is 5. The molecule has 0 aromatic heterocycles. The van der Waals surface area contributed by atoms with E-state index in [0.29, 0.717) is 11.8 Å². The van der Waals surface area contributed by atoms with Crippen molar-refractivity contribution in [3.8, 4) is 0 Å². The maximum Gasteiger partial charge on any atom is 0.123 e. The second kappa shape index (κ2) is 8.46. The molecular formula is C29H30FNO. The summed E-state index contributed by atoms with van der Waals surface area (Å²) in [5.74, 6) is 0.814. The normalized spacial score (nSPS) is 25.6. The Hall–Kier alpha value is -2.49. The van der Waals surface area contributed by atoms with E-state index < -0.39 is 0 Å². The number of rotatable bonds is 3. The van der Waals surface area contributed by atoms with Crippen molar-refractivity contribution in [2.24, 2.45) is 0 Å². The van der Waals surface area contributed by atoms with E-state index in [9.17, 15) is 4.39 Å². The molecule has 0 spiro atoms. The molecule has 0 radical (unpaired) electrons. The van der Waals surface area contributed by atoms with Gasteiger partial charge < -0.3 is 9.64 Å². The molecule has 3 unspecified atom stereocenters. The number of halogens is 1. The number of likely N-dealkylation sites (tertiary alicyclic amines) is 1. The zero-order valence-electron chi connectivity index (χ0n) is 18.4. The molecule has 3 heteroatoms. The first-order valence-electron chi connectivity index (χ1n) is 12.0. The predicted octanol–water partition coefficient (Wildman–Crippen LogP) is 6.22. The van der Waals surface area contributed by atoms with E-state index in [1.807, 2.05) is 6.07 Å². The van der Waals surface area contributed by atoms with E-state index in [1.54, 1.807) is 12.1 Å². The van der Waals surface area contributed by atoms with E-state index in [-0.39, 0.29) is 18.0 Å². The van der Waals surface area contributed by atoms with Crippen molar-refractivity contribution in [1.29, 1.82) is 0 Å². The minimum Gasteiger partial charge on any atom is -0.368 e. The summed E-state index contributed by atoms with van der Waals surface area (Å²) in [4.78, 5) is 2.58. The van der Waals surface area contributed by atoms with E-state index in [0.717, 1.165) is 38.0 Å². The standard InChI is InChI=1S/C29H30FNO/c30-24-11-10-23-16-22-8-4-5-9-26(22)28-18-25(32-29(28)27(23)17-24)19-31-14-12-21(13-15-31)20-6-2-1-3-7-20/h1-11,17,21,25,28-29H,12-16,18-19H2. The maximum absolute atomic E-state index is 14.2. The van der Waals surface area contributed by atoms with E-state index in [4.69, 9.17) is 4.74 Å². The number of nitrogens with zero attached hydrogens (tertiary/aromatic N) is 1. The molecule has 3 aromatic rings. The van der Waals surface area contributed by atoms with Gasteiger partial charge in [-0.15, -0.1) is 0 Å². The topological polar surface area (TPSA) is 12.5 Å². The summed E-state index contributed by atoms with van der Waals surface area (Å²) >= 11 is 0. The third kappa shape index (κ3) is 3.78. The molecule has 3 aliphatic rings. The molecule has 6 rings (SSSR count). The van der Waals surface area contributed by atoms with Gasteiger partial charge in [-0.3, -0.25) is 0 Å². The smallest absolute Gasteiger partial charge is 0.123 e. The highest BCUT2D eigenvalue weighted by Crippen LogP contribution is 2.49. The SMILES string of the molecule is Fc1ccc2c(c1)C1OC(CN3CCC(c4ccccc4)CC3)CC1c1ccccc1C2. The van der Waals surface area contributed by atoms with Crippen molar-refractivity contribution in [1.82, 2.24) is 4.90 Å². The molecule has 2 saturated heterocycles. The number of piperidine rings is 1. The average Bonchev–Trinajstić information content (AvgIpc) is 3.20. The van der Waals surface area contributed by atoms with Gasteiger partial charge >= 0.3 is 0 Å². The van der Waals surface area contributed by atoms with Crippen LogP contribution in [-0.2, 0) is 11.2 Å². The van der Waals surface area contributed by atoms with Gasteiger partial charge in [0.1, 0.15) is 5.82 Å². The monoisotopic (exact) mass is 427 g/mol. The molecule has 0 bridgehead atoms. The minimum atomic E-state index is -0.163. The Labute approximate surface area is 190 Å². The van der Waals surface area contributed by atoms with Gasteiger partial charge in [-0.1, -0.05) is 60.7 Å². The lowest BCUT2D eigenvalue weighted by Crippen LogP contribution is -2.38. The van der Waals surface area contributed by atoms with E-state index >= 15 is 0 Å². The van der Waals surface area contributed by atoms with Gasteiger partial charge in [0.2, 0.25) is 0 Å². The first kappa shape index (κ1) is 20.1. The summed E-state index contributed by atoms with van der Waals surface area (Å²) in [5, 5.41) is 0. The predicted molar refractivity (Wildman–Crippen MR) is 125 cm³/mol. The van der Waals surface area contributed by atoms with Gasteiger partial charge in [0.25, 0.3) is 0 Å². The van der Waals surface area contributed by atoms with Crippen molar-refractivity contribution in [3.63, 3.8) is 0 Å². The molecule has 0 amide bonds. The fourth-order valence-corrected chi connectivity index (χ4v) is 6.18. The van der Waals surface area contributed by atoms with E-state index in [2.05, 4.69) is 59.5 Å². The zero-order chi connectivity index (χ0) is 21.5. The highest BCUT2D eigenvalue weighted by atomic mass is 19.1. The molecule has 2 fully saturated rings. The Morgan fingerprint density at radius 2 is 1.59 bits per heavy atom. The Balaban J connectivity index is 1.19. The van der Waals surface area contributed by atoms with Crippen LogP contribution in [-0.4, -0.2) is 30.6 Å². The first-order chi connectivity index (χ1) is 15.7. The first-order valence-corrected chi connectivity index (χ1v) is 12.0. The molecule has 0 N–H and O–H groups in total. The molecule has 0 saturated carbocycles. The lowest BCUT2D eigenvalue weighted by atomic mass is 9.87. The van der Waals surface area contributed by atoms with Crippen LogP contribution in [0.15, 0.2) is 72.8 Å². The van der Waals surface area contributed by atoms with Gasteiger partial charge in [0.15, 0.2) is 0 Å². The highest BCUT2D eigenvalue weighted by molar-refractivity contribution is 5.45. The van der Waals surface area contributed by atoms with Crippen molar-refractivity contribution in [2.45, 2.75) is 49.7 Å². The summed E-state index contributed by atoms with van der Waals surface area (Å²) in [6, 6.07) is 24.9. The Bertz CT molecular complexity index is 1090. The number of ether oxygens (including phenoxy) is 1. The molecule has 164 valence electrons. The van der Waals surface area contributed by atoms with E-state index in [1.165, 1.54) is 35.1 Å². The van der Waals surface area contributed by atoms with Crippen LogP contribution in [0.1, 0.15) is 65.0 Å². The Morgan fingerprint density at radius 1 is 0.844 bits per heavy atom. The average molecular weight is 428 g/mol. The number of hydrogen-bond acceptors (Lipinski definition) is 2. The molecule has 2 nitrogen and oxygen atoms in total. The molecule has 3 aromatic carbocycles. The van der Waals surface area contributed by atoms with Crippen LogP contribution in [0.4, 0.5) is 4.39 Å². The van der Waals surface area contributed by atoms with Crippen LogP contribution in [0.5, 0.6) is 0 Å². The van der Waals surface area contributed by atoms with Crippen LogP contribution >= 0.6 is 0 Å². The summed E-state index contributed by atoms with van der Waals surface area (Å²) in [6.45, 7) is 3.22. The lowest BCUT2D eigenvalue weighted by Gasteiger charge is -2.33. The third-order valence-corrected chi connectivity index (χ3v) is 7.79. The van der Waals surface area contributed by atoms with Crippen LogP contribution in [0.2, 0.25) is 0 Å². The third-order valence-electron chi connectivity index (χ3n) is 7.79. The molecule has 1 aliphatic carbocycles. The van der Waals surface area contributed by atoms with Crippen LogP contribution in [0.3, 0.4) is 0 Å². The van der Waals surface area contributed by atoms with Gasteiger partial charge in [0, 0.05) is 12.5 Å². The largest absolute Gasteiger partial charge is 0.368 e. The Kier molecular flexibility index (Phi) is 5.32. The van der Waals surface area contributed by atoms with Crippen LogP contribution in [0.25, 0.3) is 0 Å². The second-order valence-electron chi connectivity index (χ2n) is 9.73. The van der Waals surface area contributed by atoms with Crippen molar-refractivity contribution in [2.75, 3.05) is 19.6 Å². The Morgan fingerprint density at radius 3 is 2.44 bits per heavy atom. The molecule has 2 heterocycles. The van der Waals surface area contributed by atoms with Crippen LogP contribution in [0, 0.1) is 5.82 Å². The van der Waals surface area contributed by atoms with Crippen molar-refractivity contribution in [3.05, 3.63) is 106 Å². The van der Waals surface area contributed by atoms with Gasteiger partial charge in [-0.05, 0) is 84.6 Å². The summed E-state index contributed by atoms with van der Waals surface area (Å²) < 4.78 is 20.9. The zero-order valence-corrected chi connectivity index (χ0v) is 18.4. The second-order valence-corrected chi connectivity index (χ2v) is 9.73. The van der Waals surface area contributed by atoms with Gasteiger partial charge in [-0.2, -0.15) is 0 Å². The van der Waals surface area contributed by atoms with Crippen molar-refractivity contribution < 1.29 is 9.13 Å². The van der Waals surface area contributed by atoms with Gasteiger partial charge in [-0.25, -0.2) is 4.39 Å². The quantitative estimate of drug-likeness (QED) is 0.492. The molecule has 3 atom stereocenters. The van der Waals surface area contributed by atoms with Crippen LogP contribution < -0.4 is 0 Å². The summed E-state index contributed by atoms with van der Waals surface area (Å²) in [6.07, 6.45) is 4.44. The van der Waals surface area contributed by atoms with Crippen molar-refractivity contribution >= 4 is 0 Å². The maximum atomic E-state index is 14.2. The molecule has 2 aliphatic heterocycles. The number of hydrogen-bond donors (Lipinski definition) is 0. The minimum absolute atomic E-state index is 0.0452. The fraction of sp³-hybridized carbons (Fsp3) is 0.379. The van der Waals surface area contributed by atoms with Gasteiger partial charge in [0.05, 0.1) is 12.2 Å². The highest BCUT2D eigenvalue weighted by Gasteiger charge is 2.41. The lowest BCUT2D eigenvalue weighted by molar-refractivity contribution is 0.0147.